The molecule has 0 amide bonds. The Kier molecular flexibility index (Phi) is 8.92. The van der Waals surface area contributed by atoms with Gasteiger partial charge in [-0.15, -0.1) is 11.8 Å². The summed E-state index contributed by atoms with van der Waals surface area (Å²) in [6.45, 7) is 2.25. The van der Waals surface area contributed by atoms with Gasteiger partial charge in [-0.1, -0.05) is 63.3 Å². The molecule has 0 unspecified atom stereocenters. The second-order valence-corrected chi connectivity index (χ2v) is 7.48. The van der Waals surface area contributed by atoms with Crippen molar-refractivity contribution in [3.8, 4) is 16.9 Å². The number of unbranched alkanes of at least 4 members (excludes halogenated alkanes) is 5. The zero-order valence-corrected chi connectivity index (χ0v) is 16.2. The predicted molar refractivity (Wildman–Crippen MR) is 108 cm³/mol. The van der Waals surface area contributed by atoms with Crippen LogP contribution in [0.4, 0.5) is 4.79 Å². The van der Waals surface area contributed by atoms with E-state index in [4.69, 9.17) is 16.3 Å². The van der Waals surface area contributed by atoms with Gasteiger partial charge in [0.1, 0.15) is 5.75 Å². The summed E-state index contributed by atoms with van der Waals surface area (Å²) in [4.78, 5) is 12.0. The van der Waals surface area contributed by atoms with Crippen molar-refractivity contribution in [2.24, 2.45) is 0 Å². The quantitative estimate of drug-likeness (QED) is 0.243. The van der Waals surface area contributed by atoms with E-state index in [0.717, 1.165) is 11.1 Å². The Bertz CT molecular complexity index is 638. The number of rotatable bonds is 10. The maximum absolute atomic E-state index is 10.7. The molecule has 2 rings (SSSR count). The minimum atomic E-state index is -0.820. The van der Waals surface area contributed by atoms with Crippen LogP contribution in [0.2, 0.25) is 0 Å². The summed E-state index contributed by atoms with van der Waals surface area (Å²) in [6.07, 6.45) is 8.04. The molecule has 0 spiro atoms. The fourth-order valence-electron chi connectivity index (χ4n) is 2.62. The summed E-state index contributed by atoms with van der Waals surface area (Å²) in [5, 5.41) is 0. The summed E-state index contributed by atoms with van der Waals surface area (Å²) in [7, 11) is 0. The van der Waals surface area contributed by atoms with Crippen molar-refractivity contribution in [3.63, 3.8) is 0 Å². The molecule has 2 nitrogen and oxygen atoms in total. The first-order valence-electron chi connectivity index (χ1n) is 8.89. The Morgan fingerprint density at radius 2 is 1.44 bits per heavy atom. The van der Waals surface area contributed by atoms with Crippen molar-refractivity contribution in [1.82, 2.24) is 0 Å². The summed E-state index contributed by atoms with van der Waals surface area (Å²) in [6, 6.07) is 15.9. The van der Waals surface area contributed by atoms with E-state index in [1.807, 2.05) is 23.9 Å². The van der Waals surface area contributed by atoms with Crippen molar-refractivity contribution >= 4 is 28.8 Å². The minimum absolute atomic E-state index is 0.454. The van der Waals surface area contributed by atoms with Gasteiger partial charge in [0.15, 0.2) is 0 Å². The van der Waals surface area contributed by atoms with Gasteiger partial charge in [-0.25, -0.2) is 4.79 Å². The third-order valence-electron chi connectivity index (χ3n) is 4.01. The monoisotopic (exact) mass is 376 g/mol. The molecule has 0 heterocycles. The molecule has 0 aliphatic heterocycles. The van der Waals surface area contributed by atoms with Gasteiger partial charge in [-0.2, -0.15) is 0 Å². The Hall–Kier alpha value is -1.45. The molecule has 0 aliphatic carbocycles. The molecule has 0 saturated heterocycles. The number of hydrogen-bond acceptors (Lipinski definition) is 3. The van der Waals surface area contributed by atoms with E-state index in [1.165, 1.54) is 49.2 Å². The molecule has 0 bridgehead atoms. The first kappa shape index (κ1) is 19.9. The summed E-state index contributed by atoms with van der Waals surface area (Å²) in [5.74, 6) is 1.64. The van der Waals surface area contributed by atoms with Crippen molar-refractivity contribution in [2.45, 2.75) is 50.3 Å². The third kappa shape index (κ3) is 7.54. The summed E-state index contributed by atoms with van der Waals surface area (Å²) < 4.78 is 4.83. The zero-order chi connectivity index (χ0) is 17.9. The van der Waals surface area contributed by atoms with E-state index in [2.05, 4.69) is 31.2 Å². The van der Waals surface area contributed by atoms with Crippen molar-refractivity contribution in [1.29, 1.82) is 0 Å². The van der Waals surface area contributed by atoms with Crippen LogP contribution < -0.4 is 4.74 Å². The average Bonchev–Trinajstić information content (AvgIpc) is 2.62. The fraction of sp³-hybridized carbons (Fsp3) is 0.381. The maximum atomic E-state index is 10.7. The molecule has 0 radical (unpaired) electrons. The van der Waals surface area contributed by atoms with Crippen LogP contribution in [0.3, 0.4) is 0 Å². The molecule has 0 fully saturated rings. The van der Waals surface area contributed by atoms with Crippen molar-refractivity contribution in [2.75, 3.05) is 5.75 Å². The molecule has 0 aromatic heterocycles. The van der Waals surface area contributed by atoms with Gasteiger partial charge in [0.05, 0.1) is 0 Å². The number of hydrogen-bond donors (Lipinski definition) is 0. The molecule has 0 aliphatic rings. The molecular weight excluding hydrogens is 352 g/mol. The van der Waals surface area contributed by atoms with Crippen LogP contribution in [0.5, 0.6) is 5.75 Å². The molecule has 4 heteroatoms. The molecule has 0 saturated carbocycles. The normalized spacial score (nSPS) is 10.6. The largest absolute Gasteiger partial charge is 0.415 e. The Labute approximate surface area is 159 Å². The van der Waals surface area contributed by atoms with Crippen molar-refractivity contribution in [3.05, 3.63) is 48.5 Å². The zero-order valence-electron chi connectivity index (χ0n) is 14.7. The van der Waals surface area contributed by atoms with Crippen molar-refractivity contribution < 1.29 is 9.53 Å². The lowest BCUT2D eigenvalue weighted by atomic mass is 10.1. The van der Waals surface area contributed by atoms with Gasteiger partial charge >= 0.3 is 5.43 Å². The molecule has 2 aromatic carbocycles. The molecular formula is C21H25ClO2S. The number of halogens is 1. The minimum Gasteiger partial charge on any atom is -0.415 e. The fourth-order valence-corrected chi connectivity index (χ4v) is 3.63. The lowest BCUT2D eigenvalue weighted by molar-refractivity contribution is 0.225. The van der Waals surface area contributed by atoms with Crippen LogP contribution in [0, 0.1) is 0 Å². The van der Waals surface area contributed by atoms with Crippen LogP contribution >= 0.6 is 23.4 Å². The first-order valence-corrected chi connectivity index (χ1v) is 10.3. The molecule has 0 N–H and O–H groups in total. The van der Waals surface area contributed by atoms with E-state index >= 15 is 0 Å². The standard InChI is InChI=1S/C21H25ClO2S/c1-2-3-4-5-6-7-16-25-20-14-10-18(11-15-20)17-8-12-19(13-9-17)24-21(22)23/h8-15H,2-7,16H2,1H3. The highest BCUT2D eigenvalue weighted by Crippen LogP contribution is 2.26. The van der Waals surface area contributed by atoms with E-state index < -0.39 is 5.43 Å². The van der Waals surface area contributed by atoms with Gasteiger partial charge in [-0.3, -0.25) is 0 Å². The summed E-state index contributed by atoms with van der Waals surface area (Å²) in [5.41, 5.74) is 1.41. The predicted octanol–water partition coefficient (Wildman–Crippen LogP) is 7.54. The van der Waals surface area contributed by atoms with E-state index in [1.54, 1.807) is 12.1 Å². The summed E-state index contributed by atoms with van der Waals surface area (Å²) >= 11 is 7.13. The lowest BCUT2D eigenvalue weighted by Crippen LogP contribution is -1.95. The van der Waals surface area contributed by atoms with Crippen LogP contribution in [-0.2, 0) is 0 Å². The van der Waals surface area contributed by atoms with Gasteiger partial charge in [0.25, 0.3) is 0 Å². The van der Waals surface area contributed by atoms with Crippen LogP contribution in [0.15, 0.2) is 53.4 Å². The number of ether oxygens (including phenoxy) is 1. The average molecular weight is 377 g/mol. The number of benzene rings is 2. The van der Waals surface area contributed by atoms with Crippen LogP contribution in [0.1, 0.15) is 45.4 Å². The van der Waals surface area contributed by atoms with Gasteiger partial charge in [0.2, 0.25) is 0 Å². The lowest BCUT2D eigenvalue weighted by Gasteiger charge is -2.06. The number of carbonyl (C=O) groups is 1. The number of thioether (sulfide) groups is 1. The van der Waals surface area contributed by atoms with E-state index in [9.17, 15) is 4.79 Å². The molecule has 0 atom stereocenters. The highest BCUT2D eigenvalue weighted by molar-refractivity contribution is 7.99. The second-order valence-electron chi connectivity index (χ2n) is 6.00. The highest BCUT2D eigenvalue weighted by atomic mass is 35.5. The SMILES string of the molecule is CCCCCCCCSc1ccc(-c2ccc(OC(=O)Cl)cc2)cc1. The van der Waals surface area contributed by atoms with E-state index in [0.29, 0.717) is 5.75 Å². The van der Waals surface area contributed by atoms with Gasteiger partial charge < -0.3 is 4.74 Å². The molecule has 134 valence electrons. The second kappa shape index (κ2) is 11.2. The van der Waals surface area contributed by atoms with Gasteiger partial charge in [0, 0.05) is 16.5 Å². The first-order chi connectivity index (χ1) is 12.2. The Morgan fingerprint density at radius 1 is 0.880 bits per heavy atom. The van der Waals surface area contributed by atoms with Crippen LogP contribution in [0.25, 0.3) is 11.1 Å². The Morgan fingerprint density at radius 3 is 2.04 bits per heavy atom. The smallest absolute Gasteiger partial charge is 0.409 e. The molecule has 25 heavy (non-hydrogen) atoms. The van der Waals surface area contributed by atoms with Crippen LogP contribution in [-0.4, -0.2) is 11.2 Å². The maximum Gasteiger partial charge on any atom is 0.409 e. The van der Waals surface area contributed by atoms with E-state index in [-0.39, 0.29) is 0 Å². The van der Waals surface area contributed by atoms with Gasteiger partial charge in [-0.05, 0) is 47.6 Å². The Balaban J connectivity index is 1.78. The molecule has 2 aromatic rings. The topological polar surface area (TPSA) is 26.3 Å². The highest BCUT2D eigenvalue weighted by Gasteiger charge is 2.02. The number of carbonyl (C=O) groups excluding carboxylic acids is 1. The third-order valence-corrected chi connectivity index (χ3v) is 5.18.